The van der Waals surface area contributed by atoms with E-state index in [1.807, 2.05) is 36.4 Å². The van der Waals surface area contributed by atoms with Gasteiger partial charge >= 0.3 is 0 Å². The Bertz CT molecular complexity index is 798. The summed E-state index contributed by atoms with van der Waals surface area (Å²) in [6.45, 7) is 4.72. The standard InChI is InChI=1S/C19H20ClN3O/c1-3-14-7-9-15(10-8-14)19-22-18(24-23-19)12-21-13(2)16-5-4-6-17(20)11-16/h4-11,13,21H,3,12H2,1-2H3/t13-/m0/s1. The Morgan fingerprint density at radius 1 is 1.17 bits per heavy atom. The highest BCUT2D eigenvalue weighted by molar-refractivity contribution is 6.30. The summed E-state index contributed by atoms with van der Waals surface area (Å²) < 4.78 is 5.34. The quantitative estimate of drug-likeness (QED) is 0.699. The number of rotatable bonds is 6. The van der Waals surface area contributed by atoms with Crippen LogP contribution in [0.4, 0.5) is 0 Å². The summed E-state index contributed by atoms with van der Waals surface area (Å²) in [5.41, 5.74) is 3.38. The van der Waals surface area contributed by atoms with Crippen LogP contribution in [0.5, 0.6) is 0 Å². The molecule has 124 valence electrons. The van der Waals surface area contributed by atoms with Gasteiger partial charge in [0.05, 0.1) is 6.54 Å². The smallest absolute Gasteiger partial charge is 0.240 e. The molecule has 3 aromatic rings. The summed E-state index contributed by atoms with van der Waals surface area (Å²) in [6.07, 6.45) is 1.02. The van der Waals surface area contributed by atoms with E-state index in [0.717, 1.165) is 22.6 Å². The van der Waals surface area contributed by atoms with E-state index >= 15 is 0 Å². The Labute approximate surface area is 146 Å². The van der Waals surface area contributed by atoms with E-state index in [-0.39, 0.29) is 6.04 Å². The molecule has 1 N–H and O–H groups in total. The molecule has 0 aliphatic heterocycles. The normalized spacial score (nSPS) is 12.3. The SMILES string of the molecule is CCc1ccc(-c2noc(CN[C@@H](C)c3cccc(Cl)c3)n2)cc1. The van der Waals surface area contributed by atoms with Crippen molar-refractivity contribution < 1.29 is 4.52 Å². The first kappa shape index (κ1) is 16.7. The summed E-state index contributed by atoms with van der Waals surface area (Å²) in [4.78, 5) is 4.45. The number of nitrogens with one attached hydrogen (secondary N) is 1. The Morgan fingerprint density at radius 3 is 2.67 bits per heavy atom. The van der Waals surface area contributed by atoms with Crippen LogP contribution < -0.4 is 5.32 Å². The summed E-state index contributed by atoms with van der Waals surface area (Å²) in [5, 5.41) is 8.16. The third kappa shape index (κ3) is 4.02. The minimum absolute atomic E-state index is 0.142. The number of aryl methyl sites for hydroxylation is 1. The zero-order valence-corrected chi connectivity index (χ0v) is 14.5. The lowest BCUT2D eigenvalue weighted by Crippen LogP contribution is -2.18. The second kappa shape index (κ2) is 7.60. The summed E-state index contributed by atoms with van der Waals surface area (Å²) in [6, 6.07) is 16.2. The van der Waals surface area contributed by atoms with Gasteiger partial charge in [0.15, 0.2) is 0 Å². The Kier molecular flexibility index (Phi) is 5.28. The van der Waals surface area contributed by atoms with Gasteiger partial charge in [0.25, 0.3) is 0 Å². The van der Waals surface area contributed by atoms with Crippen molar-refractivity contribution in [1.29, 1.82) is 0 Å². The zero-order chi connectivity index (χ0) is 16.9. The fourth-order valence-electron chi connectivity index (χ4n) is 2.47. The molecule has 5 heteroatoms. The Morgan fingerprint density at radius 2 is 1.96 bits per heavy atom. The van der Waals surface area contributed by atoms with E-state index in [4.69, 9.17) is 16.1 Å². The van der Waals surface area contributed by atoms with Gasteiger partial charge in [0, 0.05) is 16.6 Å². The molecule has 0 saturated carbocycles. The van der Waals surface area contributed by atoms with E-state index in [0.29, 0.717) is 18.3 Å². The van der Waals surface area contributed by atoms with E-state index in [1.54, 1.807) is 0 Å². The largest absolute Gasteiger partial charge is 0.338 e. The van der Waals surface area contributed by atoms with Crippen LogP contribution in [0.1, 0.15) is 36.9 Å². The zero-order valence-electron chi connectivity index (χ0n) is 13.8. The number of aromatic nitrogens is 2. The number of benzene rings is 2. The molecule has 2 aromatic carbocycles. The number of hydrogen-bond acceptors (Lipinski definition) is 4. The first-order valence-electron chi connectivity index (χ1n) is 8.06. The summed E-state index contributed by atoms with van der Waals surface area (Å²) >= 11 is 6.03. The van der Waals surface area contributed by atoms with Gasteiger partial charge in [0.1, 0.15) is 0 Å². The third-order valence-electron chi connectivity index (χ3n) is 4.00. The minimum Gasteiger partial charge on any atom is -0.338 e. The van der Waals surface area contributed by atoms with Gasteiger partial charge in [-0.15, -0.1) is 0 Å². The fraction of sp³-hybridized carbons (Fsp3) is 0.263. The third-order valence-corrected chi connectivity index (χ3v) is 4.23. The first-order chi connectivity index (χ1) is 11.7. The lowest BCUT2D eigenvalue weighted by molar-refractivity contribution is 0.360. The van der Waals surface area contributed by atoms with Crippen LogP contribution in [-0.4, -0.2) is 10.1 Å². The van der Waals surface area contributed by atoms with Crippen LogP contribution in [0.3, 0.4) is 0 Å². The average molecular weight is 342 g/mol. The molecule has 0 fully saturated rings. The molecule has 4 nitrogen and oxygen atoms in total. The Balaban J connectivity index is 1.63. The van der Waals surface area contributed by atoms with E-state index in [1.165, 1.54) is 5.56 Å². The van der Waals surface area contributed by atoms with E-state index < -0.39 is 0 Å². The lowest BCUT2D eigenvalue weighted by atomic mass is 10.1. The Hall–Kier alpha value is -2.17. The molecule has 1 heterocycles. The van der Waals surface area contributed by atoms with Gasteiger partial charge in [0.2, 0.25) is 11.7 Å². The topological polar surface area (TPSA) is 51.0 Å². The molecule has 1 atom stereocenters. The molecular formula is C19H20ClN3O. The average Bonchev–Trinajstić information content (AvgIpc) is 3.09. The molecule has 1 aromatic heterocycles. The van der Waals surface area contributed by atoms with Crippen LogP contribution >= 0.6 is 11.6 Å². The van der Waals surface area contributed by atoms with Crippen molar-refractivity contribution in [1.82, 2.24) is 15.5 Å². The molecule has 0 aliphatic rings. The van der Waals surface area contributed by atoms with Gasteiger partial charge in [-0.2, -0.15) is 4.98 Å². The second-order valence-electron chi connectivity index (χ2n) is 5.72. The molecule has 0 spiro atoms. The molecule has 24 heavy (non-hydrogen) atoms. The van der Waals surface area contributed by atoms with Gasteiger partial charge in [-0.3, -0.25) is 0 Å². The lowest BCUT2D eigenvalue weighted by Gasteiger charge is -2.12. The van der Waals surface area contributed by atoms with Crippen LogP contribution in [0.25, 0.3) is 11.4 Å². The van der Waals surface area contributed by atoms with Crippen molar-refractivity contribution in [3.63, 3.8) is 0 Å². The van der Waals surface area contributed by atoms with E-state index in [9.17, 15) is 0 Å². The highest BCUT2D eigenvalue weighted by Crippen LogP contribution is 2.19. The predicted molar refractivity (Wildman–Crippen MR) is 95.8 cm³/mol. The molecule has 3 rings (SSSR count). The van der Waals surface area contributed by atoms with Gasteiger partial charge in [-0.1, -0.05) is 60.1 Å². The van der Waals surface area contributed by atoms with Gasteiger partial charge < -0.3 is 9.84 Å². The first-order valence-corrected chi connectivity index (χ1v) is 8.44. The number of nitrogens with zero attached hydrogens (tertiary/aromatic N) is 2. The van der Waals surface area contributed by atoms with Crippen LogP contribution in [0.15, 0.2) is 53.1 Å². The highest BCUT2D eigenvalue weighted by Gasteiger charge is 2.11. The second-order valence-corrected chi connectivity index (χ2v) is 6.16. The molecule has 0 bridgehead atoms. The number of hydrogen-bond donors (Lipinski definition) is 1. The maximum Gasteiger partial charge on any atom is 0.240 e. The fourth-order valence-corrected chi connectivity index (χ4v) is 2.67. The minimum atomic E-state index is 0.142. The van der Waals surface area contributed by atoms with Crippen molar-refractivity contribution in [3.05, 3.63) is 70.6 Å². The van der Waals surface area contributed by atoms with Crippen molar-refractivity contribution in [2.45, 2.75) is 32.9 Å². The molecule has 0 aliphatic carbocycles. The maximum atomic E-state index is 6.03. The summed E-state index contributed by atoms with van der Waals surface area (Å²) in [7, 11) is 0. The van der Waals surface area contributed by atoms with Crippen molar-refractivity contribution in [3.8, 4) is 11.4 Å². The van der Waals surface area contributed by atoms with Crippen molar-refractivity contribution >= 4 is 11.6 Å². The van der Waals surface area contributed by atoms with E-state index in [2.05, 4.69) is 41.4 Å². The molecule has 0 radical (unpaired) electrons. The van der Waals surface area contributed by atoms with Crippen LogP contribution in [0, 0.1) is 0 Å². The van der Waals surface area contributed by atoms with Gasteiger partial charge in [-0.25, -0.2) is 0 Å². The predicted octanol–water partition coefficient (Wildman–Crippen LogP) is 4.80. The highest BCUT2D eigenvalue weighted by atomic mass is 35.5. The molecule has 0 unspecified atom stereocenters. The van der Waals surface area contributed by atoms with Crippen LogP contribution in [-0.2, 0) is 13.0 Å². The van der Waals surface area contributed by atoms with Gasteiger partial charge in [-0.05, 0) is 36.6 Å². The molecule has 0 saturated heterocycles. The van der Waals surface area contributed by atoms with Crippen LogP contribution in [0.2, 0.25) is 5.02 Å². The monoisotopic (exact) mass is 341 g/mol. The summed E-state index contributed by atoms with van der Waals surface area (Å²) in [5.74, 6) is 1.18. The van der Waals surface area contributed by atoms with Crippen molar-refractivity contribution in [2.75, 3.05) is 0 Å². The maximum absolute atomic E-state index is 6.03. The number of halogens is 1. The molecular weight excluding hydrogens is 322 g/mol. The molecule has 0 amide bonds. The van der Waals surface area contributed by atoms with Crippen molar-refractivity contribution in [2.24, 2.45) is 0 Å².